The van der Waals surface area contributed by atoms with Crippen molar-refractivity contribution in [3.8, 4) is 0 Å². The van der Waals surface area contributed by atoms with Crippen LogP contribution in [0.5, 0.6) is 0 Å². The first-order valence-electron chi connectivity index (χ1n) is 12.4. The van der Waals surface area contributed by atoms with Crippen molar-refractivity contribution >= 4 is 68.7 Å². The summed E-state index contributed by atoms with van der Waals surface area (Å²) in [4.78, 5) is 28.1. The van der Waals surface area contributed by atoms with Crippen molar-refractivity contribution in [2.45, 2.75) is 55.6 Å². The fourth-order valence-corrected chi connectivity index (χ4v) is 6.82. The van der Waals surface area contributed by atoms with Gasteiger partial charge in [-0.3, -0.25) is 4.79 Å². The summed E-state index contributed by atoms with van der Waals surface area (Å²) in [6.07, 6.45) is 5.72. The quantitative estimate of drug-likeness (QED) is 0.119. The first-order valence-corrected chi connectivity index (χ1v) is 14.5. The van der Waals surface area contributed by atoms with Crippen LogP contribution in [0.1, 0.15) is 53.4 Å². The number of rotatable bonds is 8. The lowest BCUT2D eigenvalue weighted by atomic mass is 10.1. The molecular weight excluding hydrogens is 523 g/mol. The number of para-hydroxylation sites is 1. The van der Waals surface area contributed by atoms with Gasteiger partial charge in [0.25, 0.3) is 0 Å². The molecule has 37 heavy (non-hydrogen) atoms. The molecule has 1 aliphatic rings. The van der Waals surface area contributed by atoms with Crippen LogP contribution >= 0.6 is 35.3 Å². The van der Waals surface area contributed by atoms with Gasteiger partial charge in [0, 0.05) is 21.1 Å². The summed E-state index contributed by atoms with van der Waals surface area (Å²) in [6.45, 7) is 1.99. The molecule has 0 radical (unpaired) electrons. The maximum Gasteiger partial charge on any atom is 0.341 e. The van der Waals surface area contributed by atoms with Crippen LogP contribution in [0.2, 0.25) is 0 Å². The molecule has 1 aromatic heterocycles. The molecule has 0 spiro atoms. The Morgan fingerprint density at radius 1 is 1.00 bits per heavy atom. The van der Waals surface area contributed by atoms with Crippen LogP contribution in [0.4, 0.5) is 16.4 Å². The third-order valence-corrected chi connectivity index (χ3v) is 8.88. The van der Waals surface area contributed by atoms with Gasteiger partial charge in [-0.05, 0) is 80.2 Å². The van der Waals surface area contributed by atoms with Gasteiger partial charge in [-0.15, -0.1) is 23.1 Å². The van der Waals surface area contributed by atoms with Crippen LogP contribution in [-0.4, -0.2) is 29.3 Å². The second-order valence-electron chi connectivity index (χ2n) is 8.74. The maximum atomic E-state index is 13.3. The van der Waals surface area contributed by atoms with Crippen LogP contribution in [0, 0.1) is 0 Å². The van der Waals surface area contributed by atoms with Crippen LogP contribution in [-0.2, 0) is 22.4 Å². The lowest BCUT2D eigenvalue weighted by Crippen LogP contribution is -2.25. The Bertz CT molecular complexity index is 1260. The van der Waals surface area contributed by atoms with E-state index in [0.29, 0.717) is 22.1 Å². The molecule has 6 nitrogen and oxygen atoms in total. The topological polar surface area (TPSA) is 79.5 Å². The number of benzene rings is 2. The molecule has 9 heteroatoms. The number of thioether (sulfide) groups is 1. The Kier molecular flexibility index (Phi) is 9.60. The van der Waals surface area contributed by atoms with Gasteiger partial charge < -0.3 is 20.7 Å². The number of hydrogen-bond acceptors (Lipinski definition) is 6. The normalized spacial score (nSPS) is 13.6. The molecule has 3 aromatic rings. The highest BCUT2D eigenvalue weighted by Crippen LogP contribution is 2.39. The van der Waals surface area contributed by atoms with Crippen molar-refractivity contribution in [1.29, 1.82) is 0 Å². The predicted molar refractivity (Wildman–Crippen MR) is 158 cm³/mol. The lowest BCUT2D eigenvalue weighted by Gasteiger charge is -2.16. The molecule has 1 atom stereocenters. The van der Waals surface area contributed by atoms with Gasteiger partial charge in [0.1, 0.15) is 5.00 Å². The smallest absolute Gasteiger partial charge is 0.341 e. The minimum absolute atomic E-state index is 0.117. The van der Waals surface area contributed by atoms with E-state index in [9.17, 15) is 9.59 Å². The van der Waals surface area contributed by atoms with E-state index >= 15 is 0 Å². The Balaban J connectivity index is 1.44. The Hall–Kier alpha value is -2.88. The Morgan fingerprint density at radius 3 is 2.49 bits per heavy atom. The summed E-state index contributed by atoms with van der Waals surface area (Å²) in [5, 5.41) is 10.2. The lowest BCUT2D eigenvalue weighted by molar-refractivity contribution is -0.115. The Morgan fingerprint density at radius 2 is 1.73 bits per heavy atom. The van der Waals surface area contributed by atoms with Crippen molar-refractivity contribution in [1.82, 2.24) is 0 Å². The number of fused-ring (bicyclic) bond motifs is 1. The van der Waals surface area contributed by atoms with E-state index in [4.69, 9.17) is 17.0 Å². The molecule has 1 aliphatic carbocycles. The van der Waals surface area contributed by atoms with E-state index in [1.54, 1.807) is 0 Å². The summed E-state index contributed by atoms with van der Waals surface area (Å²) < 4.78 is 5.08. The fraction of sp³-hybridized carbons (Fsp3) is 0.321. The molecule has 3 N–H and O–H groups in total. The molecule has 1 unspecified atom stereocenters. The summed E-state index contributed by atoms with van der Waals surface area (Å²) in [5.74, 6) is -0.497. The number of thiocarbonyl (C=S) groups is 1. The van der Waals surface area contributed by atoms with Gasteiger partial charge in [-0.1, -0.05) is 37.6 Å². The summed E-state index contributed by atoms with van der Waals surface area (Å²) in [7, 11) is 1.39. The molecule has 0 saturated carbocycles. The zero-order valence-corrected chi connectivity index (χ0v) is 23.4. The number of esters is 1. The van der Waals surface area contributed by atoms with Gasteiger partial charge in [0.2, 0.25) is 5.91 Å². The van der Waals surface area contributed by atoms with Gasteiger partial charge in [0.15, 0.2) is 5.11 Å². The van der Waals surface area contributed by atoms with E-state index in [1.807, 2.05) is 61.5 Å². The fourth-order valence-electron chi connectivity index (χ4n) is 4.29. The number of amides is 1. The zero-order valence-electron chi connectivity index (χ0n) is 21.0. The molecule has 0 fully saturated rings. The second-order valence-corrected chi connectivity index (χ2v) is 11.5. The van der Waals surface area contributed by atoms with Crippen LogP contribution < -0.4 is 16.0 Å². The van der Waals surface area contributed by atoms with Crippen LogP contribution in [0.3, 0.4) is 0 Å². The molecular formula is C28H31N3O3S3. The standard InChI is InChI=1S/C28H31N3O3S3/c1-3-22(25(32)31-26-24(27(33)34-2)21-15-8-5-9-16-23(21)37-26)36-20-14-10-13-19(17-20)30-28(35)29-18-11-6-4-7-12-18/h4,6-7,10-14,17,22H,3,5,8-9,15-16H2,1-2H3,(H,31,32)(H2,29,30,35). The van der Waals surface area contributed by atoms with E-state index in [1.165, 1.54) is 35.1 Å². The second kappa shape index (κ2) is 13.1. The molecule has 1 amide bonds. The SMILES string of the molecule is CCC(Sc1cccc(NC(=S)Nc2ccccc2)c1)C(=O)Nc1sc2c(c1C(=O)OC)CCCCC2. The van der Waals surface area contributed by atoms with Gasteiger partial charge in [0.05, 0.1) is 17.9 Å². The number of aryl methyl sites for hydroxylation is 1. The monoisotopic (exact) mass is 553 g/mol. The third kappa shape index (κ3) is 7.12. The number of nitrogens with one attached hydrogen (secondary N) is 3. The highest BCUT2D eigenvalue weighted by molar-refractivity contribution is 8.00. The van der Waals surface area contributed by atoms with Gasteiger partial charge in [-0.25, -0.2) is 4.79 Å². The summed E-state index contributed by atoms with van der Waals surface area (Å²) in [6, 6.07) is 17.6. The average molecular weight is 554 g/mol. The van der Waals surface area contributed by atoms with E-state index in [0.717, 1.165) is 53.9 Å². The maximum absolute atomic E-state index is 13.3. The number of hydrogen-bond donors (Lipinski definition) is 3. The molecule has 1 heterocycles. The third-order valence-electron chi connectivity index (χ3n) is 6.11. The van der Waals surface area contributed by atoms with Crippen LogP contribution in [0.25, 0.3) is 0 Å². The number of methoxy groups -OCH3 is 1. The molecule has 0 aliphatic heterocycles. The highest BCUT2D eigenvalue weighted by Gasteiger charge is 2.28. The largest absolute Gasteiger partial charge is 0.465 e. The van der Waals surface area contributed by atoms with Crippen molar-refractivity contribution in [2.24, 2.45) is 0 Å². The number of carbonyl (C=O) groups excluding carboxylic acids is 2. The number of ether oxygens (including phenoxy) is 1. The predicted octanol–water partition coefficient (Wildman–Crippen LogP) is 7.12. The van der Waals surface area contributed by atoms with Gasteiger partial charge >= 0.3 is 5.97 Å². The minimum atomic E-state index is -0.380. The van der Waals surface area contributed by atoms with Crippen molar-refractivity contribution in [3.63, 3.8) is 0 Å². The summed E-state index contributed by atoms with van der Waals surface area (Å²) in [5.41, 5.74) is 3.32. The van der Waals surface area contributed by atoms with E-state index in [2.05, 4.69) is 16.0 Å². The highest BCUT2D eigenvalue weighted by atomic mass is 32.2. The summed E-state index contributed by atoms with van der Waals surface area (Å²) >= 11 is 8.46. The van der Waals surface area contributed by atoms with E-state index in [-0.39, 0.29) is 17.1 Å². The van der Waals surface area contributed by atoms with Gasteiger partial charge in [-0.2, -0.15) is 0 Å². The number of thiophene rings is 1. The number of anilines is 3. The van der Waals surface area contributed by atoms with Crippen molar-refractivity contribution < 1.29 is 14.3 Å². The molecule has 194 valence electrons. The molecule has 0 saturated heterocycles. The van der Waals surface area contributed by atoms with Crippen molar-refractivity contribution in [3.05, 3.63) is 70.6 Å². The minimum Gasteiger partial charge on any atom is -0.465 e. The zero-order chi connectivity index (χ0) is 26.2. The first-order chi connectivity index (χ1) is 18.0. The van der Waals surface area contributed by atoms with Crippen LogP contribution in [0.15, 0.2) is 59.5 Å². The molecule has 2 aromatic carbocycles. The number of carbonyl (C=O) groups is 2. The molecule has 0 bridgehead atoms. The van der Waals surface area contributed by atoms with Crippen molar-refractivity contribution in [2.75, 3.05) is 23.1 Å². The average Bonchev–Trinajstić information content (AvgIpc) is 3.07. The molecule has 4 rings (SSSR count). The Labute approximate surface area is 231 Å². The first kappa shape index (κ1) is 27.2. The van der Waals surface area contributed by atoms with E-state index < -0.39 is 0 Å².